The molecule has 0 saturated heterocycles. The van der Waals surface area contributed by atoms with Gasteiger partial charge in [0.15, 0.2) is 0 Å². The van der Waals surface area contributed by atoms with Crippen LogP contribution in [-0.2, 0) is 0 Å². The van der Waals surface area contributed by atoms with Gasteiger partial charge in [-0.3, -0.25) is 9.59 Å². The van der Waals surface area contributed by atoms with Gasteiger partial charge < -0.3 is 15.3 Å². The summed E-state index contributed by atoms with van der Waals surface area (Å²) in [6, 6.07) is 20.1. The molecule has 0 aromatic heterocycles. The number of fused-ring (bicyclic) bond motifs is 1. The number of amides is 2. The first-order valence-corrected chi connectivity index (χ1v) is 10.5. The fraction of sp³-hybridized carbons (Fsp3) is 0.231. The van der Waals surface area contributed by atoms with E-state index in [9.17, 15) is 14.7 Å². The molecule has 0 radical (unpaired) electrons. The highest BCUT2D eigenvalue weighted by molar-refractivity contribution is 6.08. The van der Waals surface area contributed by atoms with Crippen LogP contribution < -0.4 is 10.2 Å². The van der Waals surface area contributed by atoms with E-state index in [-0.39, 0.29) is 11.8 Å². The van der Waals surface area contributed by atoms with Crippen LogP contribution in [0.4, 0.5) is 11.4 Å². The first kappa shape index (κ1) is 20.8. The number of carbonyl (C=O) groups excluding carboxylic acids is 2. The van der Waals surface area contributed by atoms with Crippen molar-refractivity contribution in [2.24, 2.45) is 0 Å². The van der Waals surface area contributed by atoms with Crippen LogP contribution in [0.15, 0.2) is 66.7 Å². The lowest BCUT2D eigenvalue weighted by Crippen LogP contribution is -2.31. The van der Waals surface area contributed by atoms with E-state index in [0.29, 0.717) is 29.8 Å². The standard InChI is InChI=1S/C26H26N2O3/c1-17-7-3-4-9-21(17)25(30)27-20-14-12-19(13-15-20)26(31)28-16-6-11-23(29)24-18(2)8-5-10-22(24)28/h3-5,7-10,12-15,23,29H,6,11,16H2,1-2H3,(H,27,30)/t23-/m0/s1. The fourth-order valence-electron chi connectivity index (χ4n) is 4.13. The van der Waals surface area contributed by atoms with Crippen LogP contribution in [0.25, 0.3) is 0 Å². The number of anilines is 2. The summed E-state index contributed by atoms with van der Waals surface area (Å²) in [5.41, 5.74) is 5.29. The van der Waals surface area contributed by atoms with Crippen molar-refractivity contribution in [3.05, 3.63) is 94.5 Å². The smallest absolute Gasteiger partial charge is 0.258 e. The van der Waals surface area contributed by atoms with Gasteiger partial charge in [0.25, 0.3) is 11.8 Å². The molecule has 158 valence electrons. The van der Waals surface area contributed by atoms with Crippen LogP contribution >= 0.6 is 0 Å². The topological polar surface area (TPSA) is 69.6 Å². The van der Waals surface area contributed by atoms with Crippen molar-refractivity contribution in [1.29, 1.82) is 0 Å². The average Bonchev–Trinajstić information content (AvgIpc) is 2.93. The minimum atomic E-state index is -0.562. The Hall–Kier alpha value is -3.44. The zero-order valence-corrected chi connectivity index (χ0v) is 17.8. The van der Waals surface area contributed by atoms with Crippen molar-refractivity contribution in [2.75, 3.05) is 16.8 Å². The molecule has 0 spiro atoms. The molecule has 1 aliphatic heterocycles. The Kier molecular flexibility index (Phi) is 5.87. The zero-order valence-electron chi connectivity index (χ0n) is 17.8. The van der Waals surface area contributed by atoms with E-state index in [4.69, 9.17) is 0 Å². The third-order valence-corrected chi connectivity index (χ3v) is 5.81. The number of hydrogen-bond donors (Lipinski definition) is 2. The number of hydrogen-bond acceptors (Lipinski definition) is 3. The van der Waals surface area contributed by atoms with E-state index < -0.39 is 6.10 Å². The highest BCUT2D eigenvalue weighted by Gasteiger charge is 2.27. The van der Waals surface area contributed by atoms with Crippen LogP contribution in [0.1, 0.15) is 56.4 Å². The van der Waals surface area contributed by atoms with E-state index in [1.807, 2.05) is 50.2 Å². The number of carbonyl (C=O) groups is 2. The first-order valence-electron chi connectivity index (χ1n) is 10.5. The van der Waals surface area contributed by atoms with Crippen LogP contribution in [0.5, 0.6) is 0 Å². The number of nitrogens with zero attached hydrogens (tertiary/aromatic N) is 1. The molecule has 3 aromatic carbocycles. The van der Waals surface area contributed by atoms with Crippen LogP contribution in [0.2, 0.25) is 0 Å². The van der Waals surface area contributed by atoms with Gasteiger partial charge in [0.1, 0.15) is 0 Å². The molecule has 3 aromatic rings. The highest BCUT2D eigenvalue weighted by Crippen LogP contribution is 2.35. The molecular weight excluding hydrogens is 388 g/mol. The van der Waals surface area contributed by atoms with Gasteiger partial charge in [0, 0.05) is 34.6 Å². The van der Waals surface area contributed by atoms with Crippen molar-refractivity contribution in [1.82, 2.24) is 0 Å². The Labute approximate surface area is 182 Å². The maximum Gasteiger partial charge on any atom is 0.258 e. The average molecular weight is 415 g/mol. The van der Waals surface area contributed by atoms with Crippen molar-refractivity contribution in [2.45, 2.75) is 32.8 Å². The van der Waals surface area contributed by atoms with Crippen molar-refractivity contribution < 1.29 is 14.7 Å². The number of rotatable bonds is 3. The summed E-state index contributed by atoms with van der Waals surface area (Å²) in [5, 5.41) is 13.4. The summed E-state index contributed by atoms with van der Waals surface area (Å²) in [4.78, 5) is 27.6. The summed E-state index contributed by atoms with van der Waals surface area (Å²) in [6.45, 7) is 4.41. The lowest BCUT2D eigenvalue weighted by atomic mass is 9.99. The largest absolute Gasteiger partial charge is 0.388 e. The number of aryl methyl sites for hydroxylation is 2. The molecule has 4 rings (SSSR count). The molecule has 1 aliphatic rings. The Bertz CT molecular complexity index is 1120. The molecular formula is C26H26N2O3. The van der Waals surface area contributed by atoms with Gasteiger partial charge in [0.05, 0.1) is 6.10 Å². The molecule has 31 heavy (non-hydrogen) atoms. The summed E-state index contributed by atoms with van der Waals surface area (Å²) in [5.74, 6) is -0.291. The number of aliphatic hydroxyl groups excluding tert-OH is 1. The van der Waals surface area contributed by atoms with E-state index in [1.54, 1.807) is 35.2 Å². The van der Waals surface area contributed by atoms with Crippen LogP contribution in [0, 0.1) is 13.8 Å². The molecule has 2 N–H and O–H groups in total. The van der Waals surface area contributed by atoms with Gasteiger partial charge in [-0.05, 0) is 74.2 Å². The Balaban J connectivity index is 1.55. The summed E-state index contributed by atoms with van der Waals surface area (Å²) >= 11 is 0. The first-order chi connectivity index (χ1) is 15.0. The van der Waals surface area contributed by atoms with Crippen molar-refractivity contribution >= 4 is 23.2 Å². The Morgan fingerprint density at radius 1 is 0.935 bits per heavy atom. The second-order valence-corrected chi connectivity index (χ2v) is 7.97. The minimum Gasteiger partial charge on any atom is -0.388 e. The lowest BCUT2D eigenvalue weighted by molar-refractivity contribution is 0.0985. The number of benzene rings is 3. The van der Waals surface area contributed by atoms with E-state index in [0.717, 1.165) is 28.8 Å². The normalized spacial score (nSPS) is 15.7. The monoisotopic (exact) mass is 414 g/mol. The number of nitrogens with one attached hydrogen (secondary N) is 1. The summed E-state index contributed by atoms with van der Waals surface area (Å²) < 4.78 is 0. The SMILES string of the molecule is Cc1ccccc1C(=O)Nc1ccc(C(=O)N2CCC[C@H](O)c3c(C)cccc32)cc1. The maximum absolute atomic E-state index is 13.3. The van der Waals surface area contributed by atoms with Gasteiger partial charge in [-0.25, -0.2) is 0 Å². The quantitative estimate of drug-likeness (QED) is 0.632. The molecule has 1 heterocycles. The van der Waals surface area contributed by atoms with E-state index in [1.165, 1.54) is 0 Å². The molecule has 2 amide bonds. The predicted molar refractivity (Wildman–Crippen MR) is 123 cm³/mol. The molecule has 5 nitrogen and oxygen atoms in total. The van der Waals surface area contributed by atoms with Gasteiger partial charge in [-0.2, -0.15) is 0 Å². The molecule has 0 bridgehead atoms. The highest BCUT2D eigenvalue weighted by atomic mass is 16.3. The van der Waals surface area contributed by atoms with Gasteiger partial charge in [-0.15, -0.1) is 0 Å². The zero-order chi connectivity index (χ0) is 22.0. The Morgan fingerprint density at radius 3 is 2.39 bits per heavy atom. The summed E-state index contributed by atoms with van der Waals surface area (Å²) in [6.07, 6.45) is 0.796. The van der Waals surface area contributed by atoms with Gasteiger partial charge in [-0.1, -0.05) is 30.3 Å². The number of aliphatic hydroxyl groups is 1. The maximum atomic E-state index is 13.3. The third-order valence-electron chi connectivity index (χ3n) is 5.81. The van der Waals surface area contributed by atoms with Crippen LogP contribution in [0.3, 0.4) is 0 Å². The summed E-state index contributed by atoms with van der Waals surface area (Å²) in [7, 11) is 0. The van der Waals surface area contributed by atoms with E-state index in [2.05, 4.69) is 5.32 Å². The predicted octanol–water partition coefficient (Wildman–Crippen LogP) is 5.03. The molecule has 0 unspecified atom stereocenters. The van der Waals surface area contributed by atoms with Gasteiger partial charge in [0.2, 0.25) is 0 Å². The molecule has 1 atom stereocenters. The van der Waals surface area contributed by atoms with Crippen molar-refractivity contribution in [3.63, 3.8) is 0 Å². The van der Waals surface area contributed by atoms with Crippen LogP contribution in [-0.4, -0.2) is 23.5 Å². The molecule has 0 saturated carbocycles. The Morgan fingerprint density at radius 2 is 1.65 bits per heavy atom. The molecule has 0 fully saturated rings. The minimum absolute atomic E-state index is 0.113. The second kappa shape index (κ2) is 8.74. The second-order valence-electron chi connectivity index (χ2n) is 7.97. The van der Waals surface area contributed by atoms with E-state index >= 15 is 0 Å². The fourth-order valence-corrected chi connectivity index (χ4v) is 4.13. The molecule has 0 aliphatic carbocycles. The van der Waals surface area contributed by atoms with Crippen molar-refractivity contribution in [3.8, 4) is 0 Å². The molecule has 5 heteroatoms. The van der Waals surface area contributed by atoms with Gasteiger partial charge >= 0.3 is 0 Å². The lowest BCUT2D eigenvalue weighted by Gasteiger charge is -2.24. The third kappa shape index (κ3) is 4.23.